The van der Waals surface area contributed by atoms with Crippen LogP contribution in [-0.2, 0) is 17.8 Å². The van der Waals surface area contributed by atoms with Crippen molar-refractivity contribution in [1.82, 2.24) is 4.98 Å². The van der Waals surface area contributed by atoms with Crippen molar-refractivity contribution in [3.8, 4) is 5.75 Å². The largest absolute Gasteiger partial charge is 0.487 e. The molecule has 5 heteroatoms. The standard InChI is InChI=1S/C16H16N2O3/c1-18-14-9-13(21-10-12-4-2-3-7-17-12)6-5-11(14)8-15(18)16(19)20/h2-7,9,15H,8,10H2,1H3,(H,19,20). The van der Waals surface area contributed by atoms with Crippen molar-refractivity contribution in [3.63, 3.8) is 0 Å². The Hall–Kier alpha value is -2.56. The highest BCUT2D eigenvalue weighted by Gasteiger charge is 2.31. The highest BCUT2D eigenvalue weighted by molar-refractivity contribution is 5.82. The van der Waals surface area contributed by atoms with Crippen LogP contribution >= 0.6 is 0 Å². The molecule has 1 aliphatic heterocycles. The monoisotopic (exact) mass is 284 g/mol. The third kappa shape index (κ3) is 2.67. The maximum absolute atomic E-state index is 11.2. The molecule has 108 valence electrons. The van der Waals surface area contributed by atoms with Crippen molar-refractivity contribution in [2.45, 2.75) is 19.1 Å². The summed E-state index contributed by atoms with van der Waals surface area (Å²) in [6, 6.07) is 10.9. The molecule has 0 bridgehead atoms. The Morgan fingerprint density at radius 3 is 3.00 bits per heavy atom. The van der Waals surface area contributed by atoms with Gasteiger partial charge in [0.15, 0.2) is 0 Å². The zero-order chi connectivity index (χ0) is 14.8. The van der Waals surface area contributed by atoms with Crippen LogP contribution in [0.3, 0.4) is 0 Å². The second kappa shape index (κ2) is 5.44. The van der Waals surface area contributed by atoms with Crippen molar-refractivity contribution in [1.29, 1.82) is 0 Å². The van der Waals surface area contributed by atoms with E-state index in [2.05, 4.69) is 4.98 Å². The van der Waals surface area contributed by atoms with E-state index in [1.165, 1.54) is 0 Å². The maximum Gasteiger partial charge on any atom is 0.326 e. The first kappa shape index (κ1) is 13.4. The number of aromatic nitrogens is 1. The molecule has 0 saturated heterocycles. The highest BCUT2D eigenvalue weighted by atomic mass is 16.5. The number of anilines is 1. The summed E-state index contributed by atoms with van der Waals surface area (Å²) in [4.78, 5) is 17.2. The van der Waals surface area contributed by atoms with Gasteiger partial charge in [-0.05, 0) is 23.8 Å². The summed E-state index contributed by atoms with van der Waals surface area (Å²) >= 11 is 0. The number of pyridine rings is 1. The molecule has 1 N–H and O–H groups in total. The molecule has 0 radical (unpaired) electrons. The predicted octanol–water partition coefficient (Wildman–Crippen LogP) is 2.11. The zero-order valence-electron chi connectivity index (χ0n) is 11.7. The summed E-state index contributed by atoms with van der Waals surface area (Å²) in [7, 11) is 1.80. The average molecular weight is 284 g/mol. The van der Waals surface area contributed by atoms with Gasteiger partial charge in [0.1, 0.15) is 18.4 Å². The number of rotatable bonds is 4. The van der Waals surface area contributed by atoms with E-state index in [-0.39, 0.29) is 0 Å². The molecule has 1 aliphatic rings. The van der Waals surface area contributed by atoms with Gasteiger partial charge in [0, 0.05) is 31.4 Å². The van der Waals surface area contributed by atoms with E-state index < -0.39 is 12.0 Å². The van der Waals surface area contributed by atoms with Crippen LogP contribution in [0.15, 0.2) is 42.6 Å². The molecule has 5 nitrogen and oxygen atoms in total. The number of carboxylic acid groups (broad SMARTS) is 1. The van der Waals surface area contributed by atoms with Crippen molar-refractivity contribution >= 4 is 11.7 Å². The van der Waals surface area contributed by atoms with Crippen molar-refractivity contribution in [2.75, 3.05) is 11.9 Å². The summed E-state index contributed by atoms with van der Waals surface area (Å²) < 4.78 is 5.72. The first-order chi connectivity index (χ1) is 10.1. The van der Waals surface area contributed by atoms with Gasteiger partial charge in [-0.25, -0.2) is 4.79 Å². The molecule has 2 heterocycles. The second-order valence-corrected chi connectivity index (χ2v) is 5.07. The number of aliphatic carboxylic acids is 1. The normalized spacial score (nSPS) is 16.6. The molecule has 1 aromatic heterocycles. The maximum atomic E-state index is 11.2. The van der Waals surface area contributed by atoms with Gasteiger partial charge >= 0.3 is 5.97 Å². The molecular weight excluding hydrogens is 268 g/mol. The Morgan fingerprint density at radius 1 is 1.43 bits per heavy atom. The Morgan fingerprint density at radius 2 is 2.29 bits per heavy atom. The second-order valence-electron chi connectivity index (χ2n) is 5.07. The van der Waals surface area contributed by atoms with Crippen molar-refractivity contribution in [3.05, 3.63) is 53.9 Å². The van der Waals surface area contributed by atoms with Gasteiger partial charge in [-0.15, -0.1) is 0 Å². The Balaban J connectivity index is 1.74. The number of fused-ring (bicyclic) bond motifs is 1. The highest BCUT2D eigenvalue weighted by Crippen LogP contribution is 2.34. The fourth-order valence-corrected chi connectivity index (χ4v) is 2.54. The lowest BCUT2D eigenvalue weighted by atomic mass is 10.1. The topological polar surface area (TPSA) is 62.7 Å². The quantitative estimate of drug-likeness (QED) is 0.931. The number of hydrogen-bond acceptors (Lipinski definition) is 4. The lowest BCUT2D eigenvalue weighted by Crippen LogP contribution is -2.35. The van der Waals surface area contributed by atoms with Crippen LogP contribution in [0.5, 0.6) is 5.75 Å². The van der Waals surface area contributed by atoms with Crippen LogP contribution in [0.2, 0.25) is 0 Å². The molecule has 2 aromatic rings. The van der Waals surface area contributed by atoms with E-state index in [0.29, 0.717) is 13.0 Å². The van der Waals surface area contributed by atoms with Crippen LogP contribution in [0.25, 0.3) is 0 Å². The molecule has 1 atom stereocenters. The van der Waals surface area contributed by atoms with E-state index in [0.717, 1.165) is 22.7 Å². The van der Waals surface area contributed by atoms with Gasteiger partial charge < -0.3 is 14.7 Å². The number of ether oxygens (including phenoxy) is 1. The number of hydrogen-bond donors (Lipinski definition) is 1. The fraction of sp³-hybridized carbons (Fsp3) is 0.250. The third-order valence-electron chi connectivity index (χ3n) is 3.72. The summed E-state index contributed by atoms with van der Waals surface area (Å²) in [5.74, 6) is -0.0815. The summed E-state index contributed by atoms with van der Waals surface area (Å²) in [6.45, 7) is 0.395. The van der Waals surface area contributed by atoms with Crippen LogP contribution < -0.4 is 9.64 Å². The minimum absolute atomic E-state index is 0.395. The van der Waals surface area contributed by atoms with Crippen molar-refractivity contribution < 1.29 is 14.6 Å². The molecule has 21 heavy (non-hydrogen) atoms. The Labute approximate surface area is 122 Å². The molecule has 1 unspecified atom stereocenters. The molecule has 3 rings (SSSR count). The lowest BCUT2D eigenvalue weighted by Gasteiger charge is -2.19. The van der Waals surface area contributed by atoms with E-state index >= 15 is 0 Å². The number of likely N-dealkylation sites (N-methyl/N-ethyl adjacent to an activating group) is 1. The van der Waals surface area contributed by atoms with E-state index in [9.17, 15) is 9.90 Å². The number of benzene rings is 1. The molecule has 0 aliphatic carbocycles. The summed E-state index contributed by atoms with van der Waals surface area (Å²) in [5, 5.41) is 9.20. The average Bonchev–Trinajstić information content (AvgIpc) is 2.83. The first-order valence-corrected chi connectivity index (χ1v) is 6.76. The summed E-state index contributed by atoms with van der Waals surface area (Å²) in [5.41, 5.74) is 2.81. The first-order valence-electron chi connectivity index (χ1n) is 6.76. The number of carbonyl (C=O) groups is 1. The molecular formula is C16H16N2O3. The third-order valence-corrected chi connectivity index (χ3v) is 3.72. The molecule has 0 fully saturated rings. The molecule has 1 aromatic carbocycles. The minimum atomic E-state index is -0.801. The van der Waals surface area contributed by atoms with Crippen molar-refractivity contribution in [2.24, 2.45) is 0 Å². The fourth-order valence-electron chi connectivity index (χ4n) is 2.54. The lowest BCUT2D eigenvalue weighted by molar-refractivity contribution is -0.138. The number of nitrogens with zero attached hydrogens (tertiary/aromatic N) is 2. The SMILES string of the molecule is CN1c2cc(OCc3ccccn3)ccc2CC1C(=O)O. The van der Waals surface area contributed by atoms with Gasteiger partial charge in [-0.3, -0.25) is 4.98 Å². The predicted molar refractivity (Wildman–Crippen MR) is 78.5 cm³/mol. The van der Waals surface area contributed by atoms with Gasteiger partial charge in [0.25, 0.3) is 0 Å². The van der Waals surface area contributed by atoms with Crippen LogP contribution in [-0.4, -0.2) is 29.1 Å². The van der Waals surface area contributed by atoms with Gasteiger partial charge in [0.2, 0.25) is 0 Å². The summed E-state index contributed by atoms with van der Waals surface area (Å²) in [6.07, 6.45) is 2.26. The van der Waals surface area contributed by atoms with E-state index in [1.807, 2.05) is 36.4 Å². The van der Waals surface area contributed by atoms with Gasteiger partial charge in [0.05, 0.1) is 5.69 Å². The molecule has 0 spiro atoms. The van der Waals surface area contributed by atoms with Gasteiger partial charge in [-0.1, -0.05) is 12.1 Å². The van der Waals surface area contributed by atoms with Crippen LogP contribution in [0.1, 0.15) is 11.3 Å². The smallest absolute Gasteiger partial charge is 0.326 e. The van der Waals surface area contributed by atoms with Crippen LogP contribution in [0.4, 0.5) is 5.69 Å². The minimum Gasteiger partial charge on any atom is -0.487 e. The number of carboxylic acids is 1. The Bertz CT molecular complexity index is 658. The van der Waals surface area contributed by atoms with E-state index in [1.54, 1.807) is 18.1 Å². The Kier molecular flexibility index (Phi) is 3.48. The van der Waals surface area contributed by atoms with Crippen LogP contribution in [0, 0.1) is 0 Å². The van der Waals surface area contributed by atoms with E-state index in [4.69, 9.17) is 4.74 Å². The van der Waals surface area contributed by atoms with Gasteiger partial charge in [-0.2, -0.15) is 0 Å². The molecule has 0 saturated carbocycles. The zero-order valence-corrected chi connectivity index (χ0v) is 11.7. The molecule has 0 amide bonds.